The number of benzene rings is 1. The minimum absolute atomic E-state index is 0.156. The lowest BCUT2D eigenvalue weighted by Gasteiger charge is -2.32. The molecule has 0 bridgehead atoms. The molecule has 0 spiro atoms. The predicted molar refractivity (Wildman–Crippen MR) is 73.8 cm³/mol. The number of carbonyl (C=O) groups is 1. The maximum absolute atomic E-state index is 14.4. The van der Waals surface area contributed by atoms with Crippen molar-refractivity contribution in [1.29, 1.82) is 0 Å². The first-order valence-electron chi connectivity index (χ1n) is 6.45. The molecule has 1 heterocycles. The summed E-state index contributed by atoms with van der Waals surface area (Å²) in [6.07, 6.45) is 0. The third kappa shape index (κ3) is 2.23. The second kappa shape index (κ2) is 4.57. The second-order valence-electron chi connectivity index (χ2n) is 6.05. The molecule has 1 aliphatic heterocycles. The van der Waals surface area contributed by atoms with Crippen molar-refractivity contribution in [3.05, 3.63) is 29.1 Å². The number of halogens is 1. The van der Waals surface area contributed by atoms with Crippen LogP contribution >= 0.6 is 0 Å². The smallest absolute Gasteiger partial charge is 0.478 e. The molecule has 0 saturated carbocycles. The van der Waals surface area contributed by atoms with Gasteiger partial charge in [-0.05, 0) is 46.2 Å². The fraction of sp³-hybridized carbons (Fsp3) is 0.500. The number of aryl methyl sites for hydroxylation is 1. The fourth-order valence-electron chi connectivity index (χ4n) is 2.10. The molecule has 1 N–H and O–H groups in total. The van der Waals surface area contributed by atoms with E-state index in [2.05, 4.69) is 0 Å². The zero-order chi connectivity index (χ0) is 15.3. The number of hydrogen-bond donors (Lipinski definition) is 1. The summed E-state index contributed by atoms with van der Waals surface area (Å²) in [5.74, 6) is -2.10. The Bertz CT molecular complexity index is 553. The van der Waals surface area contributed by atoms with E-state index in [9.17, 15) is 9.18 Å². The van der Waals surface area contributed by atoms with E-state index in [1.165, 1.54) is 6.07 Å². The average Bonchev–Trinajstić information content (AvgIpc) is 2.47. The highest BCUT2D eigenvalue weighted by Gasteiger charge is 2.53. The van der Waals surface area contributed by atoms with Gasteiger partial charge in [-0.3, -0.25) is 0 Å². The van der Waals surface area contributed by atoms with Crippen molar-refractivity contribution in [1.82, 2.24) is 0 Å². The van der Waals surface area contributed by atoms with Crippen LogP contribution in [-0.4, -0.2) is 29.4 Å². The van der Waals surface area contributed by atoms with E-state index in [4.69, 9.17) is 14.4 Å². The van der Waals surface area contributed by atoms with Gasteiger partial charge in [0.1, 0.15) is 5.82 Å². The molecule has 6 heteroatoms. The summed E-state index contributed by atoms with van der Waals surface area (Å²) in [6, 6.07) is 2.81. The Morgan fingerprint density at radius 2 is 1.70 bits per heavy atom. The van der Waals surface area contributed by atoms with Crippen LogP contribution < -0.4 is 5.46 Å². The van der Waals surface area contributed by atoms with Crippen LogP contribution in [0.5, 0.6) is 0 Å². The van der Waals surface area contributed by atoms with Gasteiger partial charge < -0.3 is 14.4 Å². The SMILES string of the molecule is Cc1ccc(C(=O)O)c(F)c1B1OC(C)(C)C(C)(C)O1. The molecule has 4 nitrogen and oxygen atoms in total. The third-order valence-electron chi connectivity index (χ3n) is 4.12. The Morgan fingerprint density at radius 1 is 1.20 bits per heavy atom. The summed E-state index contributed by atoms with van der Waals surface area (Å²) in [5.41, 5.74) is -0.819. The Morgan fingerprint density at radius 3 is 2.15 bits per heavy atom. The standard InChI is InChI=1S/C14H18BFO4/c1-8-6-7-9(12(17)18)11(16)10(8)15-19-13(2,3)14(4,5)20-15/h6-7H,1-5H3,(H,17,18). The van der Waals surface area contributed by atoms with E-state index >= 15 is 0 Å². The van der Waals surface area contributed by atoms with Gasteiger partial charge >= 0.3 is 13.1 Å². The molecule has 1 aromatic rings. The van der Waals surface area contributed by atoms with E-state index in [0.717, 1.165) is 0 Å². The molecule has 1 aromatic carbocycles. The maximum atomic E-state index is 14.4. The quantitative estimate of drug-likeness (QED) is 0.843. The number of rotatable bonds is 2. The summed E-state index contributed by atoms with van der Waals surface area (Å²) >= 11 is 0. The van der Waals surface area contributed by atoms with Gasteiger partial charge in [0.2, 0.25) is 0 Å². The number of carboxylic acids is 1. The molecule has 0 radical (unpaired) electrons. The van der Waals surface area contributed by atoms with E-state index in [1.807, 2.05) is 27.7 Å². The van der Waals surface area contributed by atoms with Crippen molar-refractivity contribution in [2.75, 3.05) is 0 Å². The topological polar surface area (TPSA) is 55.8 Å². The normalized spacial score (nSPS) is 20.2. The molecular formula is C14H18BFO4. The van der Waals surface area contributed by atoms with Gasteiger partial charge in [0.05, 0.1) is 16.8 Å². The van der Waals surface area contributed by atoms with Gasteiger partial charge in [0.25, 0.3) is 0 Å². The van der Waals surface area contributed by atoms with Crippen molar-refractivity contribution >= 4 is 18.6 Å². The highest BCUT2D eigenvalue weighted by atomic mass is 19.1. The Kier molecular flexibility index (Phi) is 3.43. The maximum Gasteiger partial charge on any atom is 0.498 e. The fourth-order valence-corrected chi connectivity index (χ4v) is 2.10. The van der Waals surface area contributed by atoms with Crippen molar-refractivity contribution in [2.45, 2.75) is 45.8 Å². The zero-order valence-corrected chi connectivity index (χ0v) is 12.3. The van der Waals surface area contributed by atoms with Crippen molar-refractivity contribution in [2.24, 2.45) is 0 Å². The first-order chi connectivity index (χ1) is 9.07. The molecule has 0 aliphatic carbocycles. The summed E-state index contributed by atoms with van der Waals surface area (Å²) in [7, 11) is -0.903. The first-order valence-corrected chi connectivity index (χ1v) is 6.45. The van der Waals surface area contributed by atoms with E-state index in [1.54, 1.807) is 13.0 Å². The Labute approximate surface area is 118 Å². The molecule has 0 aromatic heterocycles. The predicted octanol–water partition coefficient (Wildman–Crippen LogP) is 2.13. The zero-order valence-electron chi connectivity index (χ0n) is 12.3. The van der Waals surface area contributed by atoms with Crippen LogP contribution in [0.4, 0.5) is 4.39 Å². The molecule has 1 fully saturated rings. The molecule has 20 heavy (non-hydrogen) atoms. The summed E-state index contributed by atoms with van der Waals surface area (Å²) in [6.45, 7) is 9.15. The Hall–Kier alpha value is -1.40. The summed E-state index contributed by atoms with van der Waals surface area (Å²) in [4.78, 5) is 11.0. The van der Waals surface area contributed by atoms with E-state index < -0.39 is 30.1 Å². The molecular weight excluding hydrogens is 262 g/mol. The number of aromatic carboxylic acids is 1. The lowest BCUT2D eigenvalue weighted by atomic mass is 9.75. The molecule has 108 valence electrons. The first kappa shape index (κ1) is 15.0. The van der Waals surface area contributed by atoms with Crippen LogP contribution in [0.25, 0.3) is 0 Å². The van der Waals surface area contributed by atoms with Crippen LogP contribution in [0.3, 0.4) is 0 Å². The number of hydrogen-bond acceptors (Lipinski definition) is 3. The minimum Gasteiger partial charge on any atom is -0.478 e. The molecule has 0 unspecified atom stereocenters. The third-order valence-corrected chi connectivity index (χ3v) is 4.12. The van der Waals surface area contributed by atoms with Crippen LogP contribution in [-0.2, 0) is 9.31 Å². The van der Waals surface area contributed by atoms with Gasteiger partial charge in [0.15, 0.2) is 0 Å². The molecule has 2 rings (SSSR count). The second-order valence-corrected chi connectivity index (χ2v) is 6.05. The van der Waals surface area contributed by atoms with E-state index in [0.29, 0.717) is 5.56 Å². The van der Waals surface area contributed by atoms with Gasteiger partial charge in [-0.25, -0.2) is 9.18 Å². The van der Waals surface area contributed by atoms with Crippen LogP contribution in [0.15, 0.2) is 12.1 Å². The molecule has 1 aliphatic rings. The van der Waals surface area contributed by atoms with Crippen molar-refractivity contribution < 1.29 is 23.6 Å². The molecule has 1 saturated heterocycles. The lowest BCUT2D eigenvalue weighted by molar-refractivity contribution is 0.00578. The van der Waals surface area contributed by atoms with Crippen molar-refractivity contribution in [3.8, 4) is 0 Å². The average molecular weight is 280 g/mol. The van der Waals surface area contributed by atoms with Gasteiger partial charge in [-0.15, -0.1) is 0 Å². The van der Waals surface area contributed by atoms with E-state index in [-0.39, 0.29) is 11.0 Å². The lowest BCUT2D eigenvalue weighted by Crippen LogP contribution is -2.41. The minimum atomic E-state index is -1.31. The van der Waals surface area contributed by atoms with Crippen LogP contribution in [0.1, 0.15) is 43.6 Å². The summed E-state index contributed by atoms with van der Waals surface area (Å²) in [5, 5.41) is 9.01. The van der Waals surface area contributed by atoms with Gasteiger partial charge in [-0.2, -0.15) is 0 Å². The highest BCUT2D eigenvalue weighted by Crippen LogP contribution is 2.37. The van der Waals surface area contributed by atoms with Gasteiger partial charge in [-0.1, -0.05) is 6.07 Å². The molecule has 0 atom stereocenters. The Balaban J connectivity index is 2.50. The summed E-state index contributed by atoms with van der Waals surface area (Å²) < 4.78 is 26.0. The van der Waals surface area contributed by atoms with Crippen LogP contribution in [0.2, 0.25) is 0 Å². The molecule has 0 amide bonds. The van der Waals surface area contributed by atoms with Crippen LogP contribution in [0, 0.1) is 12.7 Å². The van der Waals surface area contributed by atoms with Gasteiger partial charge in [0, 0.05) is 5.46 Å². The number of carboxylic acid groups (broad SMARTS) is 1. The highest BCUT2D eigenvalue weighted by molar-refractivity contribution is 6.62. The monoisotopic (exact) mass is 280 g/mol. The van der Waals surface area contributed by atoms with Crippen molar-refractivity contribution in [3.63, 3.8) is 0 Å². The largest absolute Gasteiger partial charge is 0.498 e.